The van der Waals surface area contributed by atoms with Crippen LogP contribution in [0.2, 0.25) is 0 Å². The molecule has 1 atom stereocenters. The van der Waals surface area contributed by atoms with E-state index in [9.17, 15) is 32.7 Å². The largest absolute Gasteiger partial charge is 0.490 e. The summed E-state index contributed by atoms with van der Waals surface area (Å²) in [4.78, 5) is 38.7. The molecule has 14 heteroatoms. The molecule has 0 radical (unpaired) electrons. The Balaban J connectivity index is 1.96. The van der Waals surface area contributed by atoms with Crippen molar-refractivity contribution in [1.82, 2.24) is 10.2 Å². The zero-order chi connectivity index (χ0) is 31.0. The average molecular weight is 592 g/mol. The number of nitrogen functional groups attached to an aromatic ring is 1. The Kier molecular flexibility index (Phi) is 10.5. The van der Waals surface area contributed by atoms with Gasteiger partial charge < -0.3 is 30.9 Å². The minimum absolute atomic E-state index is 0.174. The van der Waals surface area contributed by atoms with E-state index in [0.717, 1.165) is 17.0 Å². The first-order valence-electron chi connectivity index (χ1n) is 12.9. The molecule has 1 fully saturated rings. The number of nitrogens with one attached hydrogen (secondary N) is 2. The number of hydrogen-bond acceptors (Lipinski definition) is 6. The van der Waals surface area contributed by atoms with E-state index in [4.69, 9.17) is 21.0 Å². The third-order valence-corrected chi connectivity index (χ3v) is 6.56. The Labute approximate surface area is 239 Å². The van der Waals surface area contributed by atoms with Crippen molar-refractivity contribution in [3.63, 3.8) is 0 Å². The molecule has 226 valence electrons. The van der Waals surface area contributed by atoms with Crippen molar-refractivity contribution in [2.75, 3.05) is 31.6 Å². The van der Waals surface area contributed by atoms with E-state index in [0.29, 0.717) is 37.1 Å². The molecule has 1 heterocycles. The van der Waals surface area contributed by atoms with Crippen LogP contribution in [0.15, 0.2) is 48.5 Å². The van der Waals surface area contributed by atoms with Crippen LogP contribution in [-0.2, 0) is 15.8 Å². The number of nitrogens with two attached hydrogens (primary N) is 1. The number of amidine groups is 1. The van der Waals surface area contributed by atoms with E-state index < -0.39 is 54.0 Å². The molecule has 6 N–H and O–H groups in total. The van der Waals surface area contributed by atoms with E-state index in [2.05, 4.69) is 5.32 Å². The highest BCUT2D eigenvalue weighted by atomic mass is 19.4. The van der Waals surface area contributed by atoms with Gasteiger partial charge >= 0.3 is 24.1 Å². The number of likely N-dealkylation sites (tertiary alicyclic amines) is 1. The number of aliphatic carboxylic acids is 2. The summed E-state index contributed by atoms with van der Waals surface area (Å²) in [5.74, 6) is -3.69. The normalized spacial score (nSPS) is 15.2. The SMILES string of the molecule is CN1CCC(Oc2ccc(N(CC=Cc3cccc(C(=N)N)c3)C(=O)NC(CC(=O)O)C(=O)O)cc2C(F)(F)F)CC1. The maximum absolute atomic E-state index is 14.2. The number of urea groups is 1. The van der Waals surface area contributed by atoms with Gasteiger partial charge in [0, 0.05) is 30.9 Å². The second kappa shape index (κ2) is 13.9. The maximum Gasteiger partial charge on any atom is 0.420 e. The van der Waals surface area contributed by atoms with Crippen LogP contribution >= 0.6 is 0 Å². The van der Waals surface area contributed by atoms with Crippen LogP contribution in [-0.4, -0.2) is 77.7 Å². The van der Waals surface area contributed by atoms with Crippen LogP contribution in [0.4, 0.5) is 23.7 Å². The monoisotopic (exact) mass is 591 g/mol. The average Bonchev–Trinajstić information content (AvgIpc) is 2.91. The van der Waals surface area contributed by atoms with Crippen LogP contribution in [0.25, 0.3) is 6.08 Å². The number of nitrogens with zero attached hydrogens (tertiary/aromatic N) is 2. The molecule has 0 bridgehead atoms. The summed E-state index contributed by atoms with van der Waals surface area (Å²) in [5, 5.41) is 28.0. The molecule has 0 aliphatic carbocycles. The summed E-state index contributed by atoms with van der Waals surface area (Å²) in [5.41, 5.74) is 5.18. The van der Waals surface area contributed by atoms with Gasteiger partial charge in [-0.1, -0.05) is 30.4 Å². The molecule has 0 spiro atoms. The van der Waals surface area contributed by atoms with Crippen LogP contribution in [0.1, 0.15) is 36.0 Å². The van der Waals surface area contributed by atoms with Gasteiger partial charge in [-0.25, -0.2) is 9.59 Å². The predicted octanol–water partition coefficient (Wildman–Crippen LogP) is 3.62. The topological polar surface area (TPSA) is 169 Å². The number of alkyl halides is 3. The van der Waals surface area contributed by atoms with Crippen LogP contribution in [0, 0.1) is 5.41 Å². The lowest BCUT2D eigenvalue weighted by Crippen LogP contribution is -2.49. The lowest BCUT2D eigenvalue weighted by atomic mass is 10.1. The summed E-state index contributed by atoms with van der Waals surface area (Å²) in [7, 11) is 1.91. The van der Waals surface area contributed by atoms with E-state index >= 15 is 0 Å². The molecule has 2 aromatic rings. The highest BCUT2D eigenvalue weighted by Gasteiger charge is 2.37. The first-order chi connectivity index (χ1) is 19.7. The molecule has 11 nitrogen and oxygen atoms in total. The van der Waals surface area contributed by atoms with Crippen LogP contribution in [0.3, 0.4) is 0 Å². The number of anilines is 1. The number of amides is 2. The molecule has 1 unspecified atom stereocenters. The third kappa shape index (κ3) is 8.96. The van der Waals surface area contributed by atoms with Gasteiger partial charge in [0.05, 0.1) is 12.0 Å². The molecule has 0 aromatic heterocycles. The number of carbonyl (C=O) groups is 3. The van der Waals surface area contributed by atoms with Crippen molar-refractivity contribution in [3.8, 4) is 5.75 Å². The molecule has 2 aromatic carbocycles. The number of halogens is 3. The molecule has 42 heavy (non-hydrogen) atoms. The van der Waals surface area contributed by atoms with Crippen molar-refractivity contribution in [2.24, 2.45) is 5.73 Å². The van der Waals surface area contributed by atoms with E-state index in [1.54, 1.807) is 30.3 Å². The Morgan fingerprint density at radius 3 is 2.48 bits per heavy atom. The number of carbonyl (C=O) groups excluding carboxylic acids is 1. The van der Waals surface area contributed by atoms with Gasteiger partial charge in [-0.05, 0) is 49.7 Å². The number of rotatable bonds is 11. The fraction of sp³-hybridized carbons (Fsp3) is 0.357. The zero-order valence-electron chi connectivity index (χ0n) is 22.7. The Morgan fingerprint density at radius 2 is 1.88 bits per heavy atom. The van der Waals surface area contributed by atoms with Crippen molar-refractivity contribution in [1.29, 1.82) is 5.41 Å². The van der Waals surface area contributed by atoms with Gasteiger partial charge in [-0.2, -0.15) is 13.2 Å². The highest BCUT2D eigenvalue weighted by Crippen LogP contribution is 2.39. The van der Waals surface area contributed by atoms with Crippen molar-refractivity contribution >= 4 is 35.6 Å². The van der Waals surface area contributed by atoms with E-state index in [1.165, 1.54) is 12.1 Å². The Hall–Kier alpha value is -4.59. The molecule has 1 aliphatic rings. The summed E-state index contributed by atoms with van der Waals surface area (Å²) in [6.07, 6.45) is -2.13. The first-order valence-corrected chi connectivity index (χ1v) is 12.9. The summed E-state index contributed by atoms with van der Waals surface area (Å²) in [6, 6.07) is 6.67. The number of carboxylic acid groups (broad SMARTS) is 2. The first kappa shape index (κ1) is 31.9. The fourth-order valence-corrected chi connectivity index (χ4v) is 4.30. The van der Waals surface area contributed by atoms with E-state index in [1.807, 2.05) is 11.9 Å². The van der Waals surface area contributed by atoms with Crippen molar-refractivity contribution in [2.45, 2.75) is 37.6 Å². The Bertz CT molecular complexity index is 1340. The molecule has 1 saturated heterocycles. The predicted molar refractivity (Wildman–Crippen MR) is 149 cm³/mol. The second-order valence-electron chi connectivity index (χ2n) is 9.79. The van der Waals surface area contributed by atoms with Crippen molar-refractivity contribution < 1.29 is 42.5 Å². The molecular formula is C28H32F3N5O6. The number of carboxylic acids is 2. The smallest absolute Gasteiger partial charge is 0.420 e. The summed E-state index contributed by atoms with van der Waals surface area (Å²) in [6.45, 7) is 1.02. The highest BCUT2D eigenvalue weighted by molar-refractivity contribution is 5.96. The van der Waals surface area contributed by atoms with E-state index in [-0.39, 0.29) is 18.1 Å². The molecular weight excluding hydrogens is 559 g/mol. The Morgan fingerprint density at radius 1 is 1.19 bits per heavy atom. The molecule has 3 rings (SSSR count). The van der Waals surface area contributed by atoms with Crippen LogP contribution < -0.4 is 20.7 Å². The van der Waals surface area contributed by atoms with Crippen LogP contribution in [0.5, 0.6) is 5.75 Å². The lowest BCUT2D eigenvalue weighted by Gasteiger charge is -2.30. The number of piperidine rings is 1. The minimum atomic E-state index is -4.84. The summed E-state index contributed by atoms with van der Waals surface area (Å²) >= 11 is 0. The maximum atomic E-state index is 14.2. The van der Waals surface area contributed by atoms with Gasteiger partial charge in [0.25, 0.3) is 0 Å². The van der Waals surface area contributed by atoms with Gasteiger partial charge in [0.1, 0.15) is 23.7 Å². The molecule has 2 amide bonds. The standard InChI is InChI=1S/C28H32F3N5O6/c1-35-12-9-20(10-13-35)42-23-8-7-19(15-21(23)28(29,30)31)36(27(41)34-22(26(39)40)16-24(37)38)11-3-5-17-4-2-6-18(14-17)25(32)33/h2-8,14-15,20,22H,9-13,16H2,1H3,(H3,32,33)(H,34,41)(H,37,38)(H,39,40). The number of benzene rings is 2. The van der Waals surface area contributed by atoms with Crippen molar-refractivity contribution in [3.05, 3.63) is 65.2 Å². The fourth-order valence-electron chi connectivity index (χ4n) is 4.30. The summed E-state index contributed by atoms with van der Waals surface area (Å²) < 4.78 is 48.2. The van der Waals surface area contributed by atoms with Gasteiger partial charge in [0.2, 0.25) is 0 Å². The lowest BCUT2D eigenvalue weighted by molar-refractivity contribution is -0.145. The minimum Gasteiger partial charge on any atom is -0.490 e. The second-order valence-corrected chi connectivity index (χ2v) is 9.79. The number of hydrogen-bond donors (Lipinski definition) is 5. The molecule has 1 aliphatic heterocycles. The molecule has 0 saturated carbocycles. The van der Waals surface area contributed by atoms with Gasteiger partial charge in [-0.15, -0.1) is 0 Å². The quantitative estimate of drug-likeness (QED) is 0.195. The van der Waals surface area contributed by atoms with Gasteiger partial charge in [0.15, 0.2) is 0 Å². The van der Waals surface area contributed by atoms with Gasteiger partial charge in [-0.3, -0.25) is 15.1 Å². The number of ether oxygens (including phenoxy) is 1. The zero-order valence-corrected chi connectivity index (χ0v) is 22.7. The third-order valence-electron chi connectivity index (χ3n) is 6.56.